The van der Waals surface area contributed by atoms with E-state index in [1.54, 1.807) is 0 Å². The molecule has 2 aliphatic rings. The summed E-state index contributed by atoms with van der Waals surface area (Å²) in [6.07, 6.45) is 1.55. The topological polar surface area (TPSA) is 69.3 Å². The van der Waals surface area contributed by atoms with E-state index in [1.807, 2.05) is 54.5 Å². The summed E-state index contributed by atoms with van der Waals surface area (Å²) in [5.41, 5.74) is 1.51. The molecule has 2 fully saturated rings. The minimum absolute atomic E-state index is 0.261. The van der Waals surface area contributed by atoms with Crippen molar-refractivity contribution in [2.75, 3.05) is 37.7 Å². The molecule has 1 aromatic carbocycles. The van der Waals surface area contributed by atoms with Crippen LogP contribution in [0, 0.1) is 0 Å². The van der Waals surface area contributed by atoms with E-state index in [9.17, 15) is 4.79 Å². The van der Waals surface area contributed by atoms with Gasteiger partial charge in [-0.15, -0.1) is 0 Å². The van der Waals surface area contributed by atoms with Gasteiger partial charge >= 0.3 is 13.2 Å². The van der Waals surface area contributed by atoms with Gasteiger partial charge in [0, 0.05) is 25.3 Å². The summed E-state index contributed by atoms with van der Waals surface area (Å²) in [6.45, 7) is 17.2. The summed E-state index contributed by atoms with van der Waals surface area (Å²) in [6, 6.07) is 8.37. The Morgan fingerprint density at radius 3 is 2.19 bits per heavy atom. The van der Waals surface area contributed by atoms with Crippen molar-refractivity contribution < 1.29 is 23.6 Å². The third kappa shape index (κ3) is 6.27. The lowest BCUT2D eigenvalue weighted by Crippen LogP contribution is -2.41. The van der Waals surface area contributed by atoms with E-state index in [2.05, 4.69) is 34.5 Å². The van der Waals surface area contributed by atoms with Crippen molar-refractivity contribution in [1.82, 2.24) is 5.32 Å². The van der Waals surface area contributed by atoms with Gasteiger partial charge in [-0.2, -0.15) is 0 Å². The summed E-state index contributed by atoms with van der Waals surface area (Å²) in [5, 5.41) is 2.84. The third-order valence-corrected chi connectivity index (χ3v) is 6.01. The van der Waals surface area contributed by atoms with Gasteiger partial charge in [0.2, 0.25) is 0 Å². The molecule has 2 aliphatic heterocycles. The molecule has 1 N–H and O–H groups in total. The number of amides is 1. The molecule has 0 atom stereocenters. The number of nitrogens with one attached hydrogen (secondary N) is 1. The predicted octanol–water partition coefficient (Wildman–Crippen LogP) is 4.06. The second-order valence-corrected chi connectivity index (χ2v) is 10.4. The fraction of sp³-hybridized carbons (Fsp3) is 0.625. The number of hydrogen-bond donors (Lipinski definition) is 1. The fourth-order valence-electron chi connectivity index (χ4n) is 3.50. The first-order valence-electron chi connectivity index (χ1n) is 11.3. The smallest absolute Gasteiger partial charge is 0.444 e. The highest BCUT2D eigenvalue weighted by molar-refractivity contribution is 6.56. The van der Waals surface area contributed by atoms with Crippen molar-refractivity contribution in [2.45, 2.75) is 65.3 Å². The lowest BCUT2D eigenvalue weighted by atomic mass is 9.77. The molecular formula is C24H37BN2O5. The normalized spacial score (nSPS) is 20.9. The Morgan fingerprint density at radius 2 is 1.66 bits per heavy atom. The number of benzene rings is 1. The molecule has 32 heavy (non-hydrogen) atoms. The highest BCUT2D eigenvalue weighted by Crippen LogP contribution is 2.38. The van der Waals surface area contributed by atoms with Crippen molar-refractivity contribution >= 4 is 25.0 Å². The molecule has 0 aliphatic carbocycles. The first kappa shape index (κ1) is 24.6. The van der Waals surface area contributed by atoms with Gasteiger partial charge in [-0.25, -0.2) is 4.79 Å². The number of nitrogens with zero attached hydrogens (tertiary/aromatic N) is 1. The molecule has 1 amide bonds. The van der Waals surface area contributed by atoms with E-state index in [4.69, 9.17) is 18.8 Å². The number of morpholine rings is 1. The van der Waals surface area contributed by atoms with E-state index in [0.29, 0.717) is 0 Å². The average molecular weight is 444 g/mol. The maximum absolute atomic E-state index is 12.2. The highest BCUT2D eigenvalue weighted by atomic mass is 16.7. The average Bonchev–Trinajstić information content (AvgIpc) is 2.92. The van der Waals surface area contributed by atoms with Crippen LogP contribution >= 0.6 is 0 Å². The van der Waals surface area contributed by atoms with Crippen molar-refractivity contribution in [3.05, 3.63) is 35.3 Å². The first-order valence-corrected chi connectivity index (χ1v) is 11.3. The first-order chi connectivity index (χ1) is 14.9. The molecule has 0 radical (unpaired) electrons. The van der Waals surface area contributed by atoms with Crippen LogP contribution in [0.2, 0.25) is 0 Å². The van der Waals surface area contributed by atoms with Crippen molar-refractivity contribution in [1.29, 1.82) is 0 Å². The predicted molar refractivity (Wildman–Crippen MR) is 128 cm³/mol. The molecule has 2 saturated heterocycles. The van der Waals surface area contributed by atoms with Gasteiger partial charge < -0.3 is 29.0 Å². The number of anilines is 1. The lowest BCUT2D eigenvalue weighted by molar-refractivity contribution is 0.00578. The monoisotopic (exact) mass is 444 g/mol. The molecule has 2 heterocycles. The Hall–Kier alpha value is -2.03. The Labute approximate surface area is 192 Å². The van der Waals surface area contributed by atoms with Gasteiger partial charge in [-0.1, -0.05) is 18.2 Å². The summed E-state index contributed by atoms with van der Waals surface area (Å²) < 4.78 is 23.3. The number of carbonyl (C=O) groups is 1. The van der Waals surface area contributed by atoms with Gasteiger partial charge in [0.05, 0.1) is 24.4 Å². The molecule has 0 unspecified atom stereocenters. The van der Waals surface area contributed by atoms with Crippen LogP contribution < -0.4 is 10.2 Å². The Morgan fingerprint density at radius 1 is 1.09 bits per heavy atom. The van der Waals surface area contributed by atoms with Crippen LogP contribution in [-0.4, -0.2) is 62.9 Å². The molecule has 8 heteroatoms. The minimum atomic E-state index is -0.562. The molecule has 3 rings (SSSR count). The number of hydrogen-bond acceptors (Lipinski definition) is 6. The van der Waals surface area contributed by atoms with Crippen LogP contribution in [0.1, 0.15) is 54.0 Å². The van der Waals surface area contributed by atoms with Crippen LogP contribution in [-0.2, 0) is 18.8 Å². The third-order valence-electron chi connectivity index (χ3n) is 6.01. The molecule has 0 saturated carbocycles. The molecule has 1 aromatic rings. The zero-order valence-electron chi connectivity index (χ0n) is 20.5. The van der Waals surface area contributed by atoms with Gasteiger partial charge in [0.25, 0.3) is 0 Å². The Bertz CT molecular complexity index is 808. The minimum Gasteiger partial charge on any atom is -0.444 e. The molecule has 0 bridgehead atoms. The SMILES string of the molecule is CC(C)(C)OC(=O)NCC(=Cc1ccc(N2CCOCC2)cc1)B1OC(C)(C)C(C)(C)O1. The van der Waals surface area contributed by atoms with Gasteiger partial charge in [-0.3, -0.25) is 0 Å². The second kappa shape index (κ2) is 9.45. The van der Waals surface area contributed by atoms with Crippen LogP contribution in [0.25, 0.3) is 6.08 Å². The molecule has 0 spiro atoms. The number of alkyl carbamates (subject to hydrolysis) is 1. The Kier molecular flexibility index (Phi) is 7.27. The molecular weight excluding hydrogens is 407 g/mol. The summed E-state index contributed by atoms with van der Waals surface area (Å²) >= 11 is 0. The molecule has 0 aromatic heterocycles. The summed E-state index contributed by atoms with van der Waals surface area (Å²) in [5.74, 6) is 0. The van der Waals surface area contributed by atoms with Crippen molar-refractivity contribution in [3.63, 3.8) is 0 Å². The van der Waals surface area contributed by atoms with Crippen LogP contribution in [0.15, 0.2) is 29.7 Å². The quantitative estimate of drug-likeness (QED) is 0.691. The second-order valence-electron chi connectivity index (χ2n) is 10.4. The number of carbonyl (C=O) groups excluding carboxylic acids is 1. The van der Waals surface area contributed by atoms with Gasteiger partial charge in [0.15, 0.2) is 0 Å². The van der Waals surface area contributed by atoms with Crippen LogP contribution in [0.3, 0.4) is 0 Å². The molecule has 7 nitrogen and oxygen atoms in total. The van der Waals surface area contributed by atoms with E-state index in [-0.39, 0.29) is 6.54 Å². The van der Waals surface area contributed by atoms with Crippen LogP contribution in [0.4, 0.5) is 10.5 Å². The Balaban J connectivity index is 1.78. The number of ether oxygens (including phenoxy) is 2. The van der Waals surface area contributed by atoms with Crippen molar-refractivity contribution in [2.24, 2.45) is 0 Å². The number of rotatable bonds is 5. The maximum atomic E-state index is 12.2. The lowest BCUT2D eigenvalue weighted by Gasteiger charge is -2.32. The van der Waals surface area contributed by atoms with Crippen LogP contribution in [0.5, 0.6) is 0 Å². The van der Waals surface area contributed by atoms with Gasteiger partial charge in [0.1, 0.15) is 5.60 Å². The molecule has 176 valence electrons. The van der Waals surface area contributed by atoms with E-state index in [1.165, 1.54) is 5.69 Å². The summed E-state index contributed by atoms with van der Waals surface area (Å²) in [4.78, 5) is 14.6. The van der Waals surface area contributed by atoms with Gasteiger partial charge in [-0.05, 0) is 71.6 Å². The highest BCUT2D eigenvalue weighted by Gasteiger charge is 2.52. The maximum Gasteiger partial charge on any atom is 0.492 e. The van der Waals surface area contributed by atoms with E-state index >= 15 is 0 Å². The van der Waals surface area contributed by atoms with E-state index < -0.39 is 30.0 Å². The standard InChI is InChI=1S/C24H37BN2O5/c1-22(2,3)30-21(28)26-17-19(25-31-23(4,5)24(6,7)32-25)16-18-8-10-20(11-9-18)27-12-14-29-15-13-27/h8-11,16H,12-15,17H2,1-7H3,(H,26,28). The summed E-state index contributed by atoms with van der Waals surface area (Å²) in [7, 11) is -0.561. The van der Waals surface area contributed by atoms with E-state index in [0.717, 1.165) is 37.3 Å². The largest absolute Gasteiger partial charge is 0.492 e. The van der Waals surface area contributed by atoms with Crippen molar-refractivity contribution in [3.8, 4) is 0 Å². The fourth-order valence-corrected chi connectivity index (χ4v) is 3.50. The zero-order valence-corrected chi connectivity index (χ0v) is 20.5. The zero-order chi connectivity index (χ0) is 23.6.